The van der Waals surface area contributed by atoms with Gasteiger partial charge in [0.05, 0.1) is 18.8 Å². The third-order valence-electron chi connectivity index (χ3n) is 5.89. The molecule has 0 aliphatic carbocycles. The smallest absolute Gasteiger partial charge is 0.350 e. The maximum atomic E-state index is 12.5. The van der Waals surface area contributed by atoms with Crippen LogP contribution >= 0.6 is 0 Å². The van der Waals surface area contributed by atoms with Crippen molar-refractivity contribution in [2.24, 2.45) is 0 Å². The first kappa shape index (κ1) is 21.8. The van der Waals surface area contributed by atoms with Gasteiger partial charge in [0, 0.05) is 31.9 Å². The standard InChI is InChI=1S/C24H29N5O3/c1-18(2)29-24(31)28(17-25-29)21-11-9-20(10-12-21)26-13-15-27(16-14-26)22(23(30)32-3)19-7-5-4-6-8-19/h4-12,17-18,22H,13-16H2,1-3H3. The highest BCUT2D eigenvalue weighted by Crippen LogP contribution is 2.26. The molecule has 4 rings (SSSR count). The molecule has 1 fully saturated rings. The van der Waals surface area contributed by atoms with Crippen LogP contribution in [0.2, 0.25) is 0 Å². The van der Waals surface area contributed by atoms with Gasteiger partial charge in [-0.1, -0.05) is 30.3 Å². The van der Waals surface area contributed by atoms with Gasteiger partial charge in [0.15, 0.2) is 0 Å². The Hall–Kier alpha value is -3.39. The van der Waals surface area contributed by atoms with Crippen LogP contribution in [0.5, 0.6) is 0 Å². The molecular weight excluding hydrogens is 406 g/mol. The van der Waals surface area contributed by atoms with Crippen LogP contribution in [0.25, 0.3) is 5.69 Å². The maximum Gasteiger partial charge on any atom is 0.350 e. The van der Waals surface area contributed by atoms with Crippen LogP contribution in [0.3, 0.4) is 0 Å². The lowest BCUT2D eigenvalue weighted by Crippen LogP contribution is -2.49. The Balaban J connectivity index is 1.45. The Labute approximate surface area is 187 Å². The second kappa shape index (κ2) is 9.40. The van der Waals surface area contributed by atoms with Gasteiger partial charge in [0.2, 0.25) is 0 Å². The number of carbonyl (C=O) groups is 1. The van der Waals surface area contributed by atoms with E-state index in [0.717, 1.165) is 43.1 Å². The second-order valence-electron chi connectivity index (χ2n) is 8.20. The summed E-state index contributed by atoms with van der Waals surface area (Å²) in [5, 5.41) is 4.19. The summed E-state index contributed by atoms with van der Waals surface area (Å²) in [5.74, 6) is -0.235. The molecule has 2 heterocycles. The largest absolute Gasteiger partial charge is 0.468 e. The molecule has 3 aromatic rings. The SMILES string of the molecule is COC(=O)C(c1ccccc1)N1CCN(c2ccc(-n3cnn(C(C)C)c3=O)cc2)CC1. The molecule has 0 amide bonds. The number of anilines is 1. The summed E-state index contributed by atoms with van der Waals surface area (Å²) >= 11 is 0. The van der Waals surface area contributed by atoms with Gasteiger partial charge in [-0.05, 0) is 43.7 Å². The zero-order valence-corrected chi connectivity index (χ0v) is 18.7. The highest BCUT2D eigenvalue weighted by Gasteiger charge is 2.31. The number of methoxy groups -OCH3 is 1. The van der Waals surface area contributed by atoms with E-state index in [2.05, 4.69) is 14.9 Å². The minimum absolute atomic E-state index is 0.0176. The highest BCUT2D eigenvalue weighted by atomic mass is 16.5. The van der Waals surface area contributed by atoms with Crippen LogP contribution in [0, 0.1) is 0 Å². The van der Waals surface area contributed by atoms with Crippen molar-refractivity contribution in [3.63, 3.8) is 0 Å². The molecule has 0 saturated carbocycles. The van der Waals surface area contributed by atoms with E-state index in [0.29, 0.717) is 0 Å². The Morgan fingerprint density at radius 1 is 0.938 bits per heavy atom. The van der Waals surface area contributed by atoms with Crippen molar-refractivity contribution >= 4 is 11.7 Å². The third-order valence-corrected chi connectivity index (χ3v) is 5.89. The molecule has 168 valence electrons. The summed E-state index contributed by atoms with van der Waals surface area (Å²) < 4.78 is 8.11. The highest BCUT2D eigenvalue weighted by molar-refractivity contribution is 5.77. The Morgan fingerprint density at radius 3 is 2.12 bits per heavy atom. The molecule has 2 aromatic carbocycles. The van der Waals surface area contributed by atoms with Crippen LogP contribution in [-0.2, 0) is 9.53 Å². The van der Waals surface area contributed by atoms with Crippen LogP contribution in [-0.4, -0.2) is 58.5 Å². The maximum absolute atomic E-state index is 12.5. The van der Waals surface area contributed by atoms with Crippen molar-refractivity contribution < 1.29 is 9.53 Å². The lowest BCUT2D eigenvalue weighted by molar-refractivity contribution is -0.147. The minimum Gasteiger partial charge on any atom is -0.468 e. The number of esters is 1. The number of piperazine rings is 1. The van der Waals surface area contributed by atoms with Crippen LogP contribution in [0.4, 0.5) is 5.69 Å². The first-order valence-electron chi connectivity index (χ1n) is 10.9. The molecule has 1 aliphatic rings. The number of aromatic nitrogens is 3. The van der Waals surface area contributed by atoms with E-state index in [1.165, 1.54) is 11.8 Å². The molecule has 8 heteroatoms. The molecule has 0 radical (unpaired) electrons. The Kier molecular flexibility index (Phi) is 6.41. The monoisotopic (exact) mass is 435 g/mol. The summed E-state index contributed by atoms with van der Waals surface area (Å²) in [4.78, 5) is 29.5. The number of rotatable bonds is 6. The van der Waals surface area contributed by atoms with Gasteiger partial charge in [0.25, 0.3) is 0 Å². The van der Waals surface area contributed by atoms with Crippen molar-refractivity contribution in [3.8, 4) is 5.69 Å². The first-order chi connectivity index (χ1) is 15.5. The number of carbonyl (C=O) groups excluding carboxylic acids is 1. The molecule has 1 saturated heterocycles. The quantitative estimate of drug-likeness (QED) is 0.555. The Bertz CT molecular complexity index is 1100. The van der Waals surface area contributed by atoms with Gasteiger partial charge in [-0.25, -0.2) is 18.8 Å². The van der Waals surface area contributed by atoms with E-state index < -0.39 is 6.04 Å². The van der Waals surface area contributed by atoms with Crippen molar-refractivity contribution in [1.29, 1.82) is 0 Å². The minimum atomic E-state index is -0.393. The molecule has 0 N–H and O–H groups in total. The van der Waals surface area contributed by atoms with Crippen LogP contribution < -0.4 is 10.6 Å². The molecule has 1 unspecified atom stereocenters. The average Bonchev–Trinajstić information content (AvgIpc) is 3.22. The van der Waals surface area contributed by atoms with E-state index in [1.54, 1.807) is 10.9 Å². The van der Waals surface area contributed by atoms with Gasteiger partial charge in [-0.3, -0.25) is 4.90 Å². The molecular formula is C24H29N5O3. The topological polar surface area (TPSA) is 72.6 Å². The lowest BCUT2D eigenvalue weighted by atomic mass is 10.0. The second-order valence-corrected chi connectivity index (χ2v) is 8.20. The third kappa shape index (κ3) is 4.31. The van der Waals surface area contributed by atoms with Gasteiger partial charge < -0.3 is 9.64 Å². The van der Waals surface area contributed by atoms with Crippen molar-refractivity contribution in [2.75, 3.05) is 38.2 Å². The zero-order chi connectivity index (χ0) is 22.7. The van der Waals surface area contributed by atoms with Gasteiger partial charge >= 0.3 is 11.7 Å². The normalized spacial score (nSPS) is 15.7. The van der Waals surface area contributed by atoms with Gasteiger partial charge in [-0.15, -0.1) is 0 Å². The van der Waals surface area contributed by atoms with E-state index >= 15 is 0 Å². The summed E-state index contributed by atoms with van der Waals surface area (Å²) in [6, 6.07) is 17.3. The number of hydrogen-bond acceptors (Lipinski definition) is 6. The molecule has 1 aliphatic heterocycles. The molecule has 8 nitrogen and oxygen atoms in total. The summed E-state index contributed by atoms with van der Waals surface area (Å²) in [6.07, 6.45) is 1.56. The van der Waals surface area contributed by atoms with Crippen LogP contribution in [0.1, 0.15) is 31.5 Å². The van der Waals surface area contributed by atoms with E-state index in [-0.39, 0.29) is 17.7 Å². The Morgan fingerprint density at radius 2 is 1.56 bits per heavy atom. The summed E-state index contributed by atoms with van der Waals surface area (Å²) in [6.45, 7) is 6.96. The van der Waals surface area contributed by atoms with Gasteiger partial charge in [0.1, 0.15) is 12.4 Å². The van der Waals surface area contributed by atoms with Gasteiger partial charge in [-0.2, -0.15) is 5.10 Å². The summed E-state index contributed by atoms with van der Waals surface area (Å²) in [5.41, 5.74) is 2.69. The molecule has 0 bridgehead atoms. The van der Waals surface area contributed by atoms with E-state index in [1.807, 2.05) is 68.4 Å². The first-order valence-corrected chi connectivity index (χ1v) is 10.9. The van der Waals surface area contributed by atoms with E-state index in [9.17, 15) is 9.59 Å². The van der Waals surface area contributed by atoms with Crippen LogP contribution in [0.15, 0.2) is 65.7 Å². The van der Waals surface area contributed by atoms with Crippen molar-refractivity contribution in [1.82, 2.24) is 19.2 Å². The fraction of sp³-hybridized carbons (Fsp3) is 0.375. The average molecular weight is 436 g/mol. The number of hydrogen-bond donors (Lipinski definition) is 0. The lowest BCUT2D eigenvalue weighted by Gasteiger charge is -2.39. The number of ether oxygens (including phenoxy) is 1. The van der Waals surface area contributed by atoms with E-state index in [4.69, 9.17) is 4.74 Å². The zero-order valence-electron chi connectivity index (χ0n) is 18.7. The fourth-order valence-electron chi connectivity index (χ4n) is 4.15. The van der Waals surface area contributed by atoms with Crippen molar-refractivity contribution in [2.45, 2.75) is 25.9 Å². The summed E-state index contributed by atoms with van der Waals surface area (Å²) in [7, 11) is 1.44. The predicted molar refractivity (Wildman–Crippen MR) is 123 cm³/mol. The molecule has 32 heavy (non-hydrogen) atoms. The molecule has 1 atom stereocenters. The number of benzene rings is 2. The molecule has 0 spiro atoms. The fourth-order valence-corrected chi connectivity index (χ4v) is 4.15. The number of nitrogens with zero attached hydrogens (tertiary/aromatic N) is 5. The van der Waals surface area contributed by atoms with Crippen molar-refractivity contribution in [3.05, 3.63) is 77.0 Å². The molecule has 1 aromatic heterocycles. The predicted octanol–water partition coefficient (Wildman–Crippen LogP) is 2.65.